The zero-order valence-corrected chi connectivity index (χ0v) is 18.4. The maximum atomic E-state index is 4.74. The molecule has 0 aromatic carbocycles. The van der Waals surface area contributed by atoms with E-state index in [1.165, 1.54) is 11.1 Å². The average Bonchev–Trinajstić information content (AvgIpc) is 2.71. The Bertz CT molecular complexity index is 576. The van der Waals surface area contributed by atoms with Gasteiger partial charge < -0.3 is 0 Å². The summed E-state index contributed by atoms with van der Waals surface area (Å²) in [6, 6.07) is 0. The molecule has 0 saturated heterocycles. The van der Waals surface area contributed by atoms with Crippen molar-refractivity contribution in [3.8, 4) is 0 Å². The first-order chi connectivity index (χ1) is 9.20. The summed E-state index contributed by atoms with van der Waals surface area (Å²) in [4.78, 5) is 4.74. The second-order valence-electron chi connectivity index (χ2n) is 6.62. The third-order valence-electron chi connectivity index (χ3n) is 5.93. The van der Waals surface area contributed by atoms with Crippen LogP contribution in [0.3, 0.4) is 0 Å². The molecule has 2 unspecified atom stereocenters. The number of hydrogen-bond donors (Lipinski definition) is 0. The van der Waals surface area contributed by atoms with Gasteiger partial charge in [0.25, 0.3) is 0 Å². The van der Waals surface area contributed by atoms with Gasteiger partial charge in [0.2, 0.25) is 0 Å². The topological polar surface area (TPSA) is 0 Å². The van der Waals surface area contributed by atoms with Crippen LogP contribution in [-0.4, -0.2) is 4.82 Å². The van der Waals surface area contributed by atoms with E-state index in [-0.39, 0.29) is 24.8 Å². The Labute approximate surface area is 155 Å². The van der Waals surface area contributed by atoms with Crippen molar-refractivity contribution in [3.05, 3.63) is 41.2 Å². The van der Waals surface area contributed by atoms with Crippen LogP contribution in [0.4, 0.5) is 0 Å². The Morgan fingerprint density at radius 3 is 1.09 bits per heavy atom. The van der Waals surface area contributed by atoms with Crippen molar-refractivity contribution in [2.45, 2.75) is 55.4 Å². The molecule has 0 nitrogen and oxygen atoms in total. The Kier molecular flexibility index (Phi) is 7.84. The van der Waals surface area contributed by atoms with E-state index in [4.69, 9.17) is 4.82 Å². The molecule has 0 aliphatic heterocycles. The molecule has 0 N–H and O–H groups in total. The maximum absolute atomic E-state index is 4.74. The van der Waals surface area contributed by atoms with E-state index in [2.05, 4.69) is 55.4 Å². The van der Waals surface area contributed by atoms with Crippen LogP contribution in [0.5, 0.6) is 0 Å². The summed E-state index contributed by atoms with van der Waals surface area (Å²) in [6.07, 6.45) is 0. The van der Waals surface area contributed by atoms with Crippen LogP contribution in [-0.2, 0) is 17.4 Å². The molecule has 3 heteroatoms. The summed E-state index contributed by atoms with van der Waals surface area (Å²) in [5.74, 6) is 1.24. The zero-order valence-electron chi connectivity index (χ0n) is 15.2. The second kappa shape index (κ2) is 7.80. The van der Waals surface area contributed by atoms with Gasteiger partial charge >= 0.3 is 131 Å². The molecule has 124 valence electrons. The van der Waals surface area contributed by atoms with Crippen LogP contribution >= 0.6 is 24.8 Å². The van der Waals surface area contributed by atoms with Gasteiger partial charge in [-0.3, -0.25) is 0 Å². The molecule has 0 spiro atoms. The van der Waals surface area contributed by atoms with Gasteiger partial charge in [-0.15, -0.1) is 24.8 Å². The normalized spacial score (nSPS) is 24.9. The fourth-order valence-electron chi connectivity index (χ4n) is 3.85. The number of hydrogen-bond acceptors (Lipinski definition) is 0. The predicted octanol–water partition coefficient (Wildman–Crippen LogP) is 6.40. The van der Waals surface area contributed by atoms with Crippen LogP contribution in [0.15, 0.2) is 41.2 Å². The molecule has 2 atom stereocenters. The first-order valence-corrected chi connectivity index (χ1v) is 10.3. The van der Waals surface area contributed by atoms with E-state index in [9.17, 15) is 0 Å². The summed E-state index contributed by atoms with van der Waals surface area (Å²) in [5.41, 5.74) is 9.27. The van der Waals surface area contributed by atoms with Gasteiger partial charge in [-0.2, -0.15) is 0 Å². The van der Waals surface area contributed by atoms with Gasteiger partial charge in [0.05, 0.1) is 0 Å². The van der Waals surface area contributed by atoms with E-state index >= 15 is 0 Å². The predicted molar refractivity (Wildman–Crippen MR) is 102 cm³/mol. The number of allylic oxidation sites excluding steroid dienone is 8. The molecule has 0 heterocycles. The quantitative estimate of drug-likeness (QED) is 0.489. The Morgan fingerprint density at radius 2 is 0.909 bits per heavy atom. The Morgan fingerprint density at radius 1 is 0.636 bits per heavy atom. The monoisotopic (exact) mass is 376 g/mol. The minimum atomic E-state index is -1.58. The van der Waals surface area contributed by atoms with Crippen molar-refractivity contribution in [2.24, 2.45) is 11.8 Å². The second-order valence-corrected chi connectivity index (χ2v) is 9.79. The summed E-state index contributed by atoms with van der Waals surface area (Å²) in [7, 11) is 0. The fourth-order valence-corrected chi connectivity index (χ4v) is 8.61. The molecule has 0 aromatic rings. The molecule has 0 aromatic heterocycles. The summed E-state index contributed by atoms with van der Waals surface area (Å²) < 4.78 is 3.42. The fraction of sp³-hybridized carbons (Fsp3) is 0.526. The van der Waals surface area contributed by atoms with Crippen LogP contribution < -0.4 is 0 Å². The van der Waals surface area contributed by atoms with Gasteiger partial charge in [0, 0.05) is 0 Å². The zero-order chi connectivity index (χ0) is 15.4. The van der Waals surface area contributed by atoms with Crippen LogP contribution in [0.1, 0.15) is 55.4 Å². The van der Waals surface area contributed by atoms with Crippen LogP contribution in [0.2, 0.25) is 0 Å². The van der Waals surface area contributed by atoms with Crippen molar-refractivity contribution < 1.29 is 17.4 Å². The molecular formula is C19H30Cl2Ti. The van der Waals surface area contributed by atoms with Gasteiger partial charge in [-0.25, -0.2) is 0 Å². The van der Waals surface area contributed by atoms with Crippen molar-refractivity contribution in [3.63, 3.8) is 0 Å². The molecular weight excluding hydrogens is 347 g/mol. The Hall–Kier alpha value is 0.124. The number of rotatable bonds is 2. The van der Waals surface area contributed by atoms with Crippen LogP contribution in [0.25, 0.3) is 0 Å². The van der Waals surface area contributed by atoms with Gasteiger partial charge in [0.15, 0.2) is 0 Å². The third-order valence-corrected chi connectivity index (χ3v) is 10.5. The molecule has 0 bridgehead atoms. The van der Waals surface area contributed by atoms with Crippen molar-refractivity contribution in [1.82, 2.24) is 0 Å². The van der Waals surface area contributed by atoms with Crippen LogP contribution in [0, 0.1) is 11.8 Å². The summed E-state index contributed by atoms with van der Waals surface area (Å²) in [6.45, 7) is 18.6. The third kappa shape index (κ3) is 3.18. The molecule has 0 fully saturated rings. The van der Waals surface area contributed by atoms with E-state index in [0.29, 0.717) is 11.8 Å². The molecule has 2 aliphatic carbocycles. The molecule has 2 rings (SSSR count). The number of halogens is 2. The van der Waals surface area contributed by atoms with Gasteiger partial charge in [0.1, 0.15) is 0 Å². The van der Waals surface area contributed by atoms with E-state index in [1.807, 2.05) is 0 Å². The SMILES string of the molecule is Cl.Cl.[CH2]=[Ti]([C]1=C(C)C(C)=C(C)C1C)[C]1=C(C)C(C)=C(C)C1C. The molecule has 0 radical (unpaired) electrons. The van der Waals surface area contributed by atoms with Crippen molar-refractivity contribution in [1.29, 1.82) is 0 Å². The average molecular weight is 377 g/mol. The molecule has 2 aliphatic rings. The molecule has 0 saturated carbocycles. The van der Waals surface area contributed by atoms with Crippen molar-refractivity contribution in [2.75, 3.05) is 0 Å². The minimum absolute atomic E-state index is 0. The van der Waals surface area contributed by atoms with E-state index < -0.39 is 17.4 Å². The van der Waals surface area contributed by atoms with E-state index in [1.54, 1.807) is 30.0 Å². The summed E-state index contributed by atoms with van der Waals surface area (Å²) >= 11 is -1.58. The van der Waals surface area contributed by atoms with Gasteiger partial charge in [-0.05, 0) is 0 Å². The standard InChI is InChI=1S/2C9H13.CH2.2ClH.Ti/c2*1-6-5-7(2)9(4)8(6)3;;;;/h2*6H,1-4H3;1H2;2*1H;. The van der Waals surface area contributed by atoms with Crippen molar-refractivity contribution >= 4 is 29.6 Å². The van der Waals surface area contributed by atoms with Gasteiger partial charge in [-0.1, -0.05) is 0 Å². The molecule has 0 amide bonds. The van der Waals surface area contributed by atoms with E-state index in [0.717, 1.165) is 0 Å². The summed E-state index contributed by atoms with van der Waals surface area (Å²) in [5, 5.41) is 0. The Balaban J connectivity index is 0.00000220. The first kappa shape index (κ1) is 22.1. The first-order valence-electron chi connectivity index (χ1n) is 7.66. The molecule has 22 heavy (non-hydrogen) atoms.